The number of aromatic nitrogens is 5. The van der Waals surface area contributed by atoms with E-state index < -0.39 is 0 Å². The first-order valence-electron chi connectivity index (χ1n) is 13.0. The molecule has 0 spiro atoms. The van der Waals surface area contributed by atoms with Gasteiger partial charge in [0.25, 0.3) is 0 Å². The van der Waals surface area contributed by atoms with E-state index in [1.807, 2.05) is 45.4 Å². The van der Waals surface area contributed by atoms with E-state index >= 15 is 4.39 Å². The Balaban J connectivity index is 1.49. The number of imidazole rings is 1. The number of benzene rings is 1. The van der Waals surface area contributed by atoms with E-state index in [4.69, 9.17) is 4.98 Å². The first kappa shape index (κ1) is 23.6. The number of nitrogens with zero attached hydrogens (tertiary/aromatic N) is 5. The molecule has 0 unspecified atom stereocenters. The van der Waals surface area contributed by atoms with Crippen LogP contribution >= 0.6 is 0 Å². The van der Waals surface area contributed by atoms with E-state index in [0.717, 1.165) is 53.1 Å². The summed E-state index contributed by atoms with van der Waals surface area (Å²) in [5.74, 6) is 0.268. The smallest absolute Gasteiger partial charge is 0.159 e. The summed E-state index contributed by atoms with van der Waals surface area (Å²) < 4.78 is 16.5. The molecule has 3 aromatic heterocycles. The molecule has 0 saturated carbocycles. The van der Waals surface area contributed by atoms with Crippen LogP contribution in [0.25, 0.3) is 40.0 Å². The SMILES string of the molecule is CC1=C(c2cncc(CN(C)C)c2)C(F)=c2c(-c3nc4c(N5CCCCC5)cccc4[nH]3)n[nH]c2=CC1. The third-order valence-corrected chi connectivity index (χ3v) is 7.27. The minimum atomic E-state index is -0.300. The topological polar surface area (TPSA) is 76.7 Å². The van der Waals surface area contributed by atoms with Gasteiger partial charge < -0.3 is 14.8 Å². The van der Waals surface area contributed by atoms with Crippen LogP contribution in [-0.4, -0.2) is 57.2 Å². The Morgan fingerprint density at radius 3 is 2.76 bits per heavy atom. The van der Waals surface area contributed by atoms with Gasteiger partial charge in [0.2, 0.25) is 0 Å². The molecule has 4 aromatic rings. The molecule has 0 radical (unpaired) electrons. The number of piperidine rings is 1. The number of pyridine rings is 1. The largest absolute Gasteiger partial charge is 0.370 e. The summed E-state index contributed by atoms with van der Waals surface area (Å²) in [6.07, 6.45) is 9.86. The summed E-state index contributed by atoms with van der Waals surface area (Å²) in [5.41, 5.74) is 6.80. The van der Waals surface area contributed by atoms with E-state index in [1.54, 1.807) is 6.20 Å². The summed E-state index contributed by atoms with van der Waals surface area (Å²) in [4.78, 5) is 17.3. The number of allylic oxidation sites excluding steroid dienone is 2. The van der Waals surface area contributed by atoms with Crippen molar-refractivity contribution in [1.29, 1.82) is 0 Å². The minimum Gasteiger partial charge on any atom is -0.370 e. The first-order valence-corrected chi connectivity index (χ1v) is 13.0. The molecule has 1 fully saturated rings. The number of nitrogens with one attached hydrogen (secondary N) is 2. The van der Waals surface area contributed by atoms with Gasteiger partial charge in [0, 0.05) is 43.2 Å². The van der Waals surface area contributed by atoms with Gasteiger partial charge in [-0.15, -0.1) is 0 Å². The Bertz CT molecular complexity index is 1620. The molecule has 4 heterocycles. The van der Waals surface area contributed by atoms with Crippen molar-refractivity contribution in [2.45, 2.75) is 39.2 Å². The molecule has 2 N–H and O–H groups in total. The fourth-order valence-corrected chi connectivity index (χ4v) is 5.53. The molecule has 1 aromatic carbocycles. The van der Waals surface area contributed by atoms with Crippen molar-refractivity contribution in [1.82, 2.24) is 30.0 Å². The van der Waals surface area contributed by atoms with Gasteiger partial charge >= 0.3 is 0 Å². The van der Waals surface area contributed by atoms with Crippen LogP contribution in [0.5, 0.6) is 0 Å². The molecule has 37 heavy (non-hydrogen) atoms. The standard InChI is InChI=1S/C29H32FN7/c1-18-10-11-21-25(26(30)24(18)20-14-19(15-31-16-20)17-36(2)3)28(35-34-21)29-32-22-8-7-9-23(27(22)33-29)37-12-5-4-6-13-37/h7-9,11,14-16,34H,4-6,10,12-13,17H2,1-3H3,(H,32,33). The van der Waals surface area contributed by atoms with Crippen molar-refractivity contribution < 1.29 is 4.39 Å². The Kier molecular flexibility index (Phi) is 6.12. The van der Waals surface area contributed by atoms with E-state index in [9.17, 15) is 0 Å². The van der Waals surface area contributed by atoms with E-state index in [0.29, 0.717) is 34.1 Å². The van der Waals surface area contributed by atoms with Gasteiger partial charge in [0.15, 0.2) is 5.82 Å². The highest BCUT2D eigenvalue weighted by molar-refractivity contribution is 5.98. The number of H-pyrrole nitrogens is 2. The molecule has 2 aliphatic rings. The van der Waals surface area contributed by atoms with E-state index in [2.05, 4.69) is 42.1 Å². The zero-order valence-corrected chi connectivity index (χ0v) is 21.6. The van der Waals surface area contributed by atoms with Crippen molar-refractivity contribution in [2.75, 3.05) is 32.1 Å². The Labute approximate surface area is 215 Å². The number of hydrogen-bond acceptors (Lipinski definition) is 5. The van der Waals surface area contributed by atoms with E-state index in [-0.39, 0.29) is 5.83 Å². The number of halogens is 1. The lowest BCUT2D eigenvalue weighted by Gasteiger charge is -2.28. The van der Waals surface area contributed by atoms with Crippen LogP contribution in [0, 0.1) is 0 Å². The second kappa shape index (κ2) is 9.59. The second-order valence-electron chi connectivity index (χ2n) is 10.4. The number of anilines is 1. The Morgan fingerprint density at radius 1 is 1.11 bits per heavy atom. The van der Waals surface area contributed by atoms with Crippen molar-refractivity contribution in [2.24, 2.45) is 0 Å². The number of rotatable bonds is 5. The maximum atomic E-state index is 16.5. The third-order valence-electron chi connectivity index (χ3n) is 7.27. The zero-order valence-electron chi connectivity index (χ0n) is 21.6. The van der Waals surface area contributed by atoms with Gasteiger partial charge in [-0.25, -0.2) is 9.37 Å². The van der Waals surface area contributed by atoms with Crippen LogP contribution in [0.1, 0.15) is 43.7 Å². The summed E-state index contributed by atoms with van der Waals surface area (Å²) in [6, 6.07) is 8.23. The lowest BCUT2D eigenvalue weighted by molar-refractivity contribution is 0.402. The predicted molar refractivity (Wildman–Crippen MR) is 147 cm³/mol. The van der Waals surface area contributed by atoms with Crippen LogP contribution in [0.3, 0.4) is 0 Å². The summed E-state index contributed by atoms with van der Waals surface area (Å²) in [5, 5.41) is 8.72. The van der Waals surface area contributed by atoms with E-state index in [1.165, 1.54) is 19.3 Å². The van der Waals surface area contributed by atoms with Crippen molar-refractivity contribution in [3.05, 3.63) is 63.9 Å². The van der Waals surface area contributed by atoms with Crippen LogP contribution < -0.4 is 15.5 Å². The quantitative estimate of drug-likeness (QED) is 0.434. The number of hydrogen-bond donors (Lipinski definition) is 2. The molecule has 6 rings (SSSR count). The first-order chi connectivity index (χ1) is 18.0. The van der Waals surface area contributed by atoms with Crippen LogP contribution in [-0.2, 0) is 6.54 Å². The van der Waals surface area contributed by atoms with Crippen LogP contribution in [0.2, 0.25) is 0 Å². The molecule has 0 amide bonds. The van der Waals surface area contributed by atoms with Gasteiger partial charge in [0.05, 0.1) is 21.8 Å². The fourth-order valence-electron chi connectivity index (χ4n) is 5.53. The number of fused-ring (bicyclic) bond motifs is 2. The Hall–Kier alpha value is -3.78. The summed E-state index contributed by atoms with van der Waals surface area (Å²) in [6.45, 7) is 4.78. The molecular weight excluding hydrogens is 465 g/mol. The van der Waals surface area contributed by atoms with Gasteiger partial charge in [-0.1, -0.05) is 17.7 Å². The monoisotopic (exact) mass is 497 g/mol. The fraction of sp³-hybridized carbons (Fsp3) is 0.345. The highest BCUT2D eigenvalue weighted by atomic mass is 19.1. The summed E-state index contributed by atoms with van der Waals surface area (Å²) in [7, 11) is 4.02. The average Bonchev–Trinajstić information content (AvgIpc) is 3.49. The molecule has 190 valence electrons. The molecule has 1 aliphatic heterocycles. The lowest BCUT2D eigenvalue weighted by atomic mass is 9.98. The van der Waals surface area contributed by atoms with Gasteiger partial charge in [-0.2, -0.15) is 5.10 Å². The average molecular weight is 498 g/mol. The maximum Gasteiger partial charge on any atom is 0.159 e. The van der Waals surface area contributed by atoms with Gasteiger partial charge in [-0.05, 0) is 70.5 Å². The second-order valence-corrected chi connectivity index (χ2v) is 10.4. The maximum absolute atomic E-state index is 16.5. The highest BCUT2D eigenvalue weighted by Gasteiger charge is 2.22. The van der Waals surface area contributed by atoms with Crippen LogP contribution in [0.4, 0.5) is 10.1 Å². The van der Waals surface area contributed by atoms with Crippen molar-refractivity contribution >= 4 is 34.2 Å². The molecule has 0 atom stereocenters. The molecular formula is C29H32FN7. The predicted octanol–water partition coefficient (Wildman–Crippen LogP) is 4.14. The Morgan fingerprint density at radius 2 is 1.95 bits per heavy atom. The third kappa shape index (κ3) is 4.35. The molecule has 7 nitrogen and oxygen atoms in total. The highest BCUT2D eigenvalue weighted by Crippen LogP contribution is 2.32. The normalized spacial score (nSPS) is 16.4. The minimum absolute atomic E-state index is 0.300. The molecule has 8 heteroatoms. The van der Waals surface area contributed by atoms with Crippen molar-refractivity contribution in [3.8, 4) is 11.5 Å². The van der Waals surface area contributed by atoms with Crippen molar-refractivity contribution in [3.63, 3.8) is 0 Å². The van der Waals surface area contributed by atoms with Gasteiger partial charge in [0.1, 0.15) is 17.0 Å². The molecule has 0 bridgehead atoms. The number of aromatic amines is 2. The van der Waals surface area contributed by atoms with Gasteiger partial charge in [-0.3, -0.25) is 10.1 Å². The molecule has 1 aliphatic carbocycles. The van der Waals surface area contributed by atoms with Crippen LogP contribution in [0.15, 0.2) is 42.2 Å². The zero-order chi connectivity index (χ0) is 25.5. The summed E-state index contributed by atoms with van der Waals surface area (Å²) >= 11 is 0. The lowest BCUT2D eigenvalue weighted by Crippen LogP contribution is -2.29. The number of para-hydroxylation sites is 1. The molecule has 1 saturated heterocycles.